The van der Waals surface area contributed by atoms with Crippen LogP contribution in [0.5, 0.6) is 0 Å². The summed E-state index contributed by atoms with van der Waals surface area (Å²) in [7, 11) is -25.3. The summed E-state index contributed by atoms with van der Waals surface area (Å²) in [5.74, 6) is -0.0304. The molecule has 1 fully saturated rings. The van der Waals surface area contributed by atoms with Gasteiger partial charge < -0.3 is 45.0 Å². The molecular formula is C49H68N9O18P3S2. The number of allylic oxidation sites excluding steroid dienone is 6. The van der Waals surface area contributed by atoms with Gasteiger partial charge in [0.1, 0.15) is 40.8 Å². The summed E-state index contributed by atoms with van der Waals surface area (Å²) >= 11 is 0. The van der Waals surface area contributed by atoms with Gasteiger partial charge in [0.25, 0.3) is 10.1 Å². The molecule has 3 unspecified atom stereocenters. The lowest BCUT2D eigenvalue weighted by Crippen LogP contribution is -2.28. The van der Waals surface area contributed by atoms with Crippen LogP contribution in [0.25, 0.3) is 11.2 Å². The number of anilines is 2. The zero-order valence-electron chi connectivity index (χ0n) is 45.1. The molecule has 9 N–H and O–H groups in total. The van der Waals surface area contributed by atoms with Crippen LogP contribution in [0.1, 0.15) is 110 Å². The topological polar surface area (TPSA) is 398 Å². The molecule has 2 aromatic carbocycles. The number of phosphoric ester groups is 1. The number of aliphatic hydroxyl groups excluding tert-OH is 1. The highest BCUT2D eigenvalue weighted by atomic mass is 32.2. The third-order valence-electron chi connectivity index (χ3n) is 14.1. The zero-order chi connectivity index (χ0) is 59.3. The van der Waals surface area contributed by atoms with E-state index >= 15 is 0 Å². The number of rotatable bonds is 28. The predicted octanol–water partition coefficient (Wildman–Crippen LogP) is 6.28. The number of fused-ring (bicyclic) bond motifs is 3. The maximum Gasteiger partial charge on any atom is 0.489 e. The van der Waals surface area contributed by atoms with Crippen LogP contribution in [0, 0.1) is 0 Å². The SMILES string of the molecule is CCN1C(=CC=CC=CC2=[N+](CCCCCC(=O)NCCCCCCNP(=O)(O)OP(=O)(O)OP(=O)(O)OC[C@H]3O[C@@H](n4cnc5c(N)ncnc54)C[C@@H]3O)c3ccc(S(=O)(=O)O)cc3C2(C)C)C(C)(C)c2cc(S(=O)(=O)[O-])ccc21. The molecule has 81 heavy (non-hydrogen) atoms. The monoisotopic (exact) mass is 1230 g/mol. The second-order valence-corrected chi connectivity index (χ2v) is 28.1. The number of hydrogen-bond acceptors (Lipinski definition) is 19. The Morgan fingerprint density at radius 3 is 2.28 bits per heavy atom. The summed E-state index contributed by atoms with van der Waals surface area (Å²) in [6.45, 7) is 10.4. The Kier molecular flexibility index (Phi) is 20.1. The number of nitrogens with one attached hydrogen (secondary N) is 2. The van der Waals surface area contributed by atoms with Crippen molar-refractivity contribution in [1.29, 1.82) is 0 Å². The van der Waals surface area contributed by atoms with Gasteiger partial charge in [0.05, 0.1) is 34.2 Å². The van der Waals surface area contributed by atoms with E-state index in [1.165, 1.54) is 41.5 Å². The molecule has 7 rings (SSSR count). The smallest absolute Gasteiger partial charge is 0.489 e. The number of aromatic nitrogens is 4. The highest BCUT2D eigenvalue weighted by Gasteiger charge is 2.46. The highest BCUT2D eigenvalue weighted by molar-refractivity contribution is 7.86. The third-order valence-corrected chi connectivity index (χ3v) is 20.2. The standard InChI is InChI=1S/C49H68N9O18P3S2/c1-6-56-37-22-20-33(80(67,68)69)27-35(37)48(2,3)41(56)17-11-9-12-18-42-49(4,5)36-28-34(81(70,71)72)21-23-38(36)57(42)26-16-10-13-19-43(60)51-24-14-7-8-15-25-55-77(61,62)75-79(65,66)76-78(63,64)73-30-40-39(59)29-44(74-40)58-32-54-45-46(50)52-31-53-47(45)58/h9,11-12,17-18,20-23,27-28,31-32,39-40,44,59H,6-8,10,13-16,19,24-26,29-30H2,1-5H3,(H8-,50,51,52,53,55,60,61,62,63,64,65,66,67,68,69,70,71,72)/t39-,40+,44+/m0/s1. The largest absolute Gasteiger partial charge is 0.744 e. The number of nitrogens with two attached hydrogens (primary N) is 1. The molecule has 1 saturated heterocycles. The molecule has 0 radical (unpaired) electrons. The summed E-state index contributed by atoms with van der Waals surface area (Å²) in [4.78, 5) is 56.6. The molecule has 0 spiro atoms. The molecule has 2 aromatic heterocycles. The predicted molar refractivity (Wildman–Crippen MR) is 296 cm³/mol. The van der Waals surface area contributed by atoms with Crippen molar-refractivity contribution in [2.24, 2.45) is 0 Å². The van der Waals surface area contributed by atoms with Crippen LogP contribution < -0.4 is 21.0 Å². The van der Waals surface area contributed by atoms with Gasteiger partial charge >= 0.3 is 23.4 Å². The number of nitrogens with zero attached hydrogens (tertiary/aromatic N) is 6. The Morgan fingerprint density at radius 2 is 1.58 bits per heavy atom. The van der Waals surface area contributed by atoms with E-state index in [-0.39, 0.29) is 46.4 Å². The minimum Gasteiger partial charge on any atom is -0.744 e. The third kappa shape index (κ3) is 15.7. The van der Waals surface area contributed by atoms with Crippen molar-refractivity contribution in [2.45, 2.75) is 131 Å². The van der Waals surface area contributed by atoms with Crippen LogP contribution in [0.2, 0.25) is 0 Å². The first kappa shape index (κ1) is 63.7. The van der Waals surface area contributed by atoms with Gasteiger partial charge in [-0.15, -0.1) is 0 Å². The van der Waals surface area contributed by atoms with Gasteiger partial charge in [0.2, 0.25) is 11.6 Å². The summed E-state index contributed by atoms with van der Waals surface area (Å²) < 4.78 is 130. The van der Waals surface area contributed by atoms with Crippen LogP contribution in [-0.2, 0) is 67.4 Å². The molecule has 27 nitrogen and oxygen atoms in total. The van der Waals surface area contributed by atoms with E-state index in [0.29, 0.717) is 75.8 Å². The lowest BCUT2D eigenvalue weighted by molar-refractivity contribution is -0.438. The van der Waals surface area contributed by atoms with Crippen molar-refractivity contribution in [3.05, 3.63) is 96.3 Å². The van der Waals surface area contributed by atoms with Gasteiger partial charge in [-0.1, -0.05) is 44.9 Å². The number of carbonyl (C=O) groups is 1. The zero-order valence-corrected chi connectivity index (χ0v) is 49.4. The van der Waals surface area contributed by atoms with Crippen molar-refractivity contribution < 1.29 is 86.7 Å². The summed E-state index contributed by atoms with van der Waals surface area (Å²) in [6.07, 6.45) is 13.0. The number of nitrogen functional groups attached to an aromatic ring is 1. The second kappa shape index (κ2) is 25.5. The fraction of sp³-hybridized carbons (Fsp3) is 0.490. The number of benzene rings is 2. The number of ether oxygens (including phenoxy) is 1. The number of amides is 1. The molecule has 4 aromatic rings. The Bertz CT molecular complexity index is 3520. The van der Waals surface area contributed by atoms with E-state index in [1.54, 1.807) is 12.1 Å². The number of phosphoric acid groups is 2. The van der Waals surface area contributed by atoms with Crippen molar-refractivity contribution in [1.82, 2.24) is 29.9 Å². The van der Waals surface area contributed by atoms with Crippen molar-refractivity contribution in [3.63, 3.8) is 0 Å². The number of carbonyl (C=O) groups excluding carboxylic acids is 1. The van der Waals surface area contributed by atoms with Gasteiger partial charge in [-0.25, -0.2) is 42.2 Å². The summed E-state index contributed by atoms with van der Waals surface area (Å²) in [5.41, 5.74) is 9.94. The summed E-state index contributed by atoms with van der Waals surface area (Å²) in [5, 5.41) is 15.5. The van der Waals surface area contributed by atoms with Gasteiger partial charge in [-0.05, 0) is 88.4 Å². The van der Waals surface area contributed by atoms with Crippen molar-refractivity contribution in [2.75, 3.05) is 43.4 Å². The average Bonchev–Trinajstić information content (AvgIpc) is 3.99. The van der Waals surface area contributed by atoms with E-state index in [4.69, 9.17) is 15.0 Å². The van der Waals surface area contributed by atoms with E-state index < -0.39 is 79.5 Å². The van der Waals surface area contributed by atoms with Crippen LogP contribution in [0.4, 0.5) is 17.2 Å². The molecule has 1 amide bonds. The maximum absolute atomic E-state index is 12.7. The second-order valence-electron chi connectivity index (χ2n) is 20.5. The Labute approximate surface area is 469 Å². The first-order valence-corrected chi connectivity index (χ1v) is 33.3. The highest BCUT2D eigenvalue weighted by Crippen LogP contribution is 2.66. The number of hydrogen-bond donors (Lipinski definition) is 8. The number of aliphatic hydroxyl groups is 1. The van der Waals surface area contributed by atoms with Crippen LogP contribution in [0.3, 0.4) is 0 Å². The van der Waals surface area contributed by atoms with Crippen LogP contribution in [0.15, 0.2) is 94.9 Å². The first-order valence-electron chi connectivity index (χ1n) is 25.9. The Hall–Kier alpha value is -4.90. The number of unbranched alkanes of at least 4 members (excludes halogenated alkanes) is 5. The molecule has 3 aliphatic rings. The lowest BCUT2D eigenvalue weighted by Gasteiger charge is -2.25. The normalized spacial score (nSPS) is 21.7. The van der Waals surface area contributed by atoms with Gasteiger partial charge in [-0.3, -0.25) is 18.4 Å². The van der Waals surface area contributed by atoms with Crippen LogP contribution >= 0.6 is 23.4 Å². The molecular weight excluding hydrogens is 1160 g/mol. The fourth-order valence-electron chi connectivity index (χ4n) is 10.1. The van der Waals surface area contributed by atoms with Crippen molar-refractivity contribution >= 4 is 83.6 Å². The quantitative estimate of drug-likeness (QED) is 0.0102. The maximum atomic E-state index is 12.7. The molecule has 3 aliphatic heterocycles. The van der Waals surface area contributed by atoms with E-state index in [0.717, 1.165) is 28.3 Å². The molecule has 444 valence electrons. The Balaban J connectivity index is 0.813. The summed E-state index contributed by atoms with van der Waals surface area (Å²) in [6, 6.07) is 8.94. The minimum atomic E-state index is -5.69. The van der Waals surface area contributed by atoms with Gasteiger partial charge in [-0.2, -0.15) is 21.6 Å². The number of likely N-dealkylation sites (N-methyl/N-ethyl adjacent to an activating group) is 1. The molecule has 32 heteroatoms. The molecule has 0 saturated carbocycles. The number of imidazole rings is 1. The van der Waals surface area contributed by atoms with E-state index in [9.17, 15) is 64.2 Å². The van der Waals surface area contributed by atoms with E-state index in [1.807, 2.05) is 65.0 Å². The van der Waals surface area contributed by atoms with Crippen molar-refractivity contribution in [3.8, 4) is 0 Å². The van der Waals surface area contributed by atoms with Gasteiger partial charge in [0.15, 0.2) is 17.2 Å². The van der Waals surface area contributed by atoms with Gasteiger partial charge in [0, 0.05) is 73.4 Å². The van der Waals surface area contributed by atoms with E-state index in [2.05, 4.69) is 43.5 Å². The first-order chi connectivity index (χ1) is 37.8. The molecule has 6 atom stereocenters. The average molecular weight is 1230 g/mol. The molecule has 0 bridgehead atoms. The fourth-order valence-corrected chi connectivity index (χ4v) is 14.8. The molecule has 0 aliphatic carbocycles. The molecule has 5 heterocycles. The minimum absolute atomic E-state index is 0.0260. The Morgan fingerprint density at radius 1 is 0.889 bits per heavy atom. The van der Waals surface area contributed by atoms with Crippen LogP contribution in [-0.4, -0.2) is 126 Å². The lowest BCUT2D eigenvalue weighted by atomic mass is 9.81.